The molecule has 0 aliphatic heterocycles. The summed E-state index contributed by atoms with van der Waals surface area (Å²) >= 11 is 0. The average molecular weight is 249 g/mol. The summed E-state index contributed by atoms with van der Waals surface area (Å²) in [6, 6.07) is 1.91. The van der Waals surface area contributed by atoms with Crippen molar-refractivity contribution in [3.05, 3.63) is 24.0 Å². The Labute approximate surface area is 109 Å². The fraction of sp³-hybridized carbons (Fsp3) is 0.667. The molecule has 0 aromatic carbocycles. The maximum atomic E-state index is 10.3. The number of hydrogen-bond acceptors (Lipinski definition) is 3. The summed E-state index contributed by atoms with van der Waals surface area (Å²) in [6.45, 7) is 2.58. The van der Waals surface area contributed by atoms with E-state index in [2.05, 4.69) is 4.98 Å². The first-order valence-electron chi connectivity index (χ1n) is 7.05. The summed E-state index contributed by atoms with van der Waals surface area (Å²) in [5, 5.41) is 10.3. The predicted octanol–water partition coefficient (Wildman–Crippen LogP) is 3.48. The second-order valence-electron chi connectivity index (χ2n) is 5.14. The molecular weight excluding hydrogens is 226 g/mol. The number of rotatable bonds is 5. The summed E-state index contributed by atoms with van der Waals surface area (Å²) in [4.78, 5) is 4.13. The van der Waals surface area contributed by atoms with Crippen LogP contribution in [0.2, 0.25) is 0 Å². The smallest absolute Gasteiger partial charge is 0.137 e. The van der Waals surface area contributed by atoms with Crippen LogP contribution in [0.3, 0.4) is 0 Å². The van der Waals surface area contributed by atoms with Crippen LogP contribution in [0.15, 0.2) is 18.5 Å². The van der Waals surface area contributed by atoms with Gasteiger partial charge in [-0.1, -0.05) is 32.1 Å². The molecule has 1 aromatic rings. The van der Waals surface area contributed by atoms with E-state index < -0.39 is 6.10 Å². The third-order valence-corrected chi connectivity index (χ3v) is 3.71. The molecule has 1 aliphatic carbocycles. The van der Waals surface area contributed by atoms with E-state index in [1.54, 1.807) is 12.4 Å². The van der Waals surface area contributed by atoms with Gasteiger partial charge in [0, 0.05) is 11.8 Å². The van der Waals surface area contributed by atoms with E-state index in [1.807, 2.05) is 13.0 Å². The summed E-state index contributed by atoms with van der Waals surface area (Å²) in [5.41, 5.74) is 0.881. The molecule has 1 unspecified atom stereocenters. The van der Waals surface area contributed by atoms with Crippen molar-refractivity contribution in [2.75, 3.05) is 6.61 Å². The highest BCUT2D eigenvalue weighted by atomic mass is 16.5. The highest BCUT2D eigenvalue weighted by molar-refractivity contribution is 5.25. The van der Waals surface area contributed by atoms with Crippen LogP contribution < -0.4 is 4.74 Å². The van der Waals surface area contributed by atoms with E-state index >= 15 is 0 Å². The Morgan fingerprint density at radius 2 is 2.11 bits per heavy atom. The summed E-state index contributed by atoms with van der Waals surface area (Å²) in [5.74, 6) is 1.42. The molecule has 0 spiro atoms. The van der Waals surface area contributed by atoms with E-state index in [4.69, 9.17) is 4.74 Å². The van der Waals surface area contributed by atoms with Crippen LogP contribution in [0, 0.1) is 5.92 Å². The lowest BCUT2D eigenvalue weighted by molar-refractivity contribution is 0.130. The van der Waals surface area contributed by atoms with Gasteiger partial charge < -0.3 is 9.84 Å². The van der Waals surface area contributed by atoms with E-state index in [1.165, 1.54) is 32.1 Å². The van der Waals surface area contributed by atoms with Gasteiger partial charge in [0.15, 0.2) is 0 Å². The number of hydrogen-bond donors (Lipinski definition) is 1. The third kappa shape index (κ3) is 3.70. The van der Waals surface area contributed by atoms with Crippen LogP contribution in [0.5, 0.6) is 5.75 Å². The molecule has 18 heavy (non-hydrogen) atoms. The highest BCUT2D eigenvalue weighted by Gasteiger charge is 2.19. The molecule has 1 atom stereocenters. The third-order valence-electron chi connectivity index (χ3n) is 3.71. The molecule has 1 aliphatic rings. The Morgan fingerprint density at radius 3 is 2.83 bits per heavy atom. The summed E-state index contributed by atoms with van der Waals surface area (Å²) in [6.07, 6.45) is 10.4. The minimum absolute atomic E-state index is 0.402. The quantitative estimate of drug-likeness (QED) is 0.868. The van der Waals surface area contributed by atoms with Crippen LogP contribution in [0.4, 0.5) is 0 Å². The predicted molar refractivity (Wildman–Crippen MR) is 71.6 cm³/mol. The molecular formula is C15H23NO2. The molecule has 100 valence electrons. The van der Waals surface area contributed by atoms with Crippen LogP contribution >= 0.6 is 0 Å². The van der Waals surface area contributed by atoms with Gasteiger partial charge in [-0.05, 0) is 25.3 Å². The van der Waals surface area contributed by atoms with E-state index in [-0.39, 0.29) is 0 Å². The zero-order valence-electron chi connectivity index (χ0n) is 11.1. The maximum Gasteiger partial charge on any atom is 0.137 e. The first-order chi connectivity index (χ1) is 8.79. The Hall–Kier alpha value is -1.09. The highest BCUT2D eigenvalue weighted by Crippen LogP contribution is 2.32. The Balaban J connectivity index is 1.94. The molecule has 1 N–H and O–H groups in total. The second-order valence-corrected chi connectivity index (χ2v) is 5.14. The summed E-state index contributed by atoms with van der Waals surface area (Å²) < 4.78 is 5.41. The van der Waals surface area contributed by atoms with Gasteiger partial charge in [0.2, 0.25) is 0 Å². The fourth-order valence-corrected chi connectivity index (χ4v) is 2.74. The first kappa shape index (κ1) is 13.3. The standard InChI is InChI=1S/C15H23NO2/c1-2-18-14-9-13(10-16-11-14)15(17)8-12-6-4-3-5-7-12/h9-12,15,17H,2-8H2,1H3. The molecule has 2 rings (SSSR count). The van der Waals surface area contributed by atoms with Crippen molar-refractivity contribution < 1.29 is 9.84 Å². The fourth-order valence-electron chi connectivity index (χ4n) is 2.74. The molecule has 3 nitrogen and oxygen atoms in total. The lowest BCUT2D eigenvalue weighted by atomic mass is 9.84. The van der Waals surface area contributed by atoms with Gasteiger partial charge in [-0.2, -0.15) is 0 Å². The lowest BCUT2D eigenvalue weighted by Crippen LogP contribution is -2.11. The first-order valence-corrected chi connectivity index (χ1v) is 7.05. The van der Waals surface area contributed by atoms with E-state index in [0.717, 1.165) is 17.7 Å². The molecule has 1 heterocycles. The zero-order valence-corrected chi connectivity index (χ0v) is 11.1. The molecule has 0 radical (unpaired) electrons. The van der Waals surface area contributed by atoms with Crippen LogP contribution in [0.1, 0.15) is 57.1 Å². The molecule has 1 saturated carbocycles. The SMILES string of the molecule is CCOc1cncc(C(O)CC2CCCCC2)c1. The number of nitrogens with zero attached hydrogens (tertiary/aromatic N) is 1. The van der Waals surface area contributed by atoms with Gasteiger partial charge >= 0.3 is 0 Å². The summed E-state index contributed by atoms with van der Waals surface area (Å²) in [7, 11) is 0. The van der Waals surface area contributed by atoms with Crippen molar-refractivity contribution in [1.29, 1.82) is 0 Å². The van der Waals surface area contributed by atoms with E-state index in [9.17, 15) is 5.11 Å². The van der Waals surface area contributed by atoms with Gasteiger partial charge in [-0.25, -0.2) is 0 Å². The Bertz CT molecular complexity index is 361. The van der Waals surface area contributed by atoms with Crippen molar-refractivity contribution in [2.45, 2.75) is 51.6 Å². The lowest BCUT2D eigenvalue weighted by Gasteiger charge is -2.24. The minimum atomic E-state index is -0.402. The van der Waals surface area contributed by atoms with Crippen LogP contribution in [-0.4, -0.2) is 16.7 Å². The largest absolute Gasteiger partial charge is 0.492 e. The van der Waals surface area contributed by atoms with Crippen molar-refractivity contribution in [2.24, 2.45) is 5.92 Å². The van der Waals surface area contributed by atoms with Crippen LogP contribution in [-0.2, 0) is 0 Å². The molecule has 0 saturated heterocycles. The Kier molecular flexibility index (Phi) is 5.00. The molecule has 3 heteroatoms. The van der Waals surface area contributed by atoms with Crippen molar-refractivity contribution in [1.82, 2.24) is 4.98 Å². The van der Waals surface area contributed by atoms with Gasteiger partial charge in [0.05, 0.1) is 18.9 Å². The topological polar surface area (TPSA) is 42.4 Å². The van der Waals surface area contributed by atoms with Gasteiger partial charge in [-0.15, -0.1) is 0 Å². The normalized spacial score (nSPS) is 18.6. The number of aromatic nitrogens is 1. The Morgan fingerprint density at radius 1 is 1.33 bits per heavy atom. The average Bonchev–Trinajstić information content (AvgIpc) is 2.40. The number of ether oxygens (including phenoxy) is 1. The number of aliphatic hydroxyl groups excluding tert-OH is 1. The number of pyridine rings is 1. The molecule has 0 bridgehead atoms. The van der Waals surface area contributed by atoms with Gasteiger partial charge in [0.1, 0.15) is 5.75 Å². The van der Waals surface area contributed by atoms with Crippen LogP contribution in [0.25, 0.3) is 0 Å². The van der Waals surface area contributed by atoms with Gasteiger partial charge in [-0.3, -0.25) is 4.98 Å². The maximum absolute atomic E-state index is 10.3. The van der Waals surface area contributed by atoms with Crippen molar-refractivity contribution in [3.63, 3.8) is 0 Å². The molecule has 0 amide bonds. The zero-order chi connectivity index (χ0) is 12.8. The monoisotopic (exact) mass is 249 g/mol. The van der Waals surface area contributed by atoms with E-state index in [0.29, 0.717) is 12.5 Å². The van der Waals surface area contributed by atoms with Crippen molar-refractivity contribution in [3.8, 4) is 5.75 Å². The van der Waals surface area contributed by atoms with Crippen molar-refractivity contribution >= 4 is 0 Å². The molecule has 1 fully saturated rings. The number of aliphatic hydroxyl groups is 1. The van der Waals surface area contributed by atoms with Gasteiger partial charge in [0.25, 0.3) is 0 Å². The minimum Gasteiger partial charge on any atom is -0.492 e. The second kappa shape index (κ2) is 6.74. The molecule has 1 aromatic heterocycles.